The summed E-state index contributed by atoms with van der Waals surface area (Å²) in [5.41, 5.74) is 6.47. The Bertz CT molecular complexity index is 358. The Kier molecular flexibility index (Phi) is 4.47. The first-order chi connectivity index (χ1) is 8.07. The fraction of sp³-hybridized carbons (Fsp3) is 0.692. The van der Waals surface area contributed by atoms with Gasteiger partial charge in [-0.3, -0.25) is 0 Å². The van der Waals surface area contributed by atoms with E-state index >= 15 is 0 Å². The van der Waals surface area contributed by atoms with Crippen LogP contribution in [0.25, 0.3) is 0 Å². The van der Waals surface area contributed by atoms with Crippen LogP contribution in [-0.2, 0) is 6.54 Å². The van der Waals surface area contributed by atoms with Crippen molar-refractivity contribution in [1.29, 1.82) is 0 Å². The van der Waals surface area contributed by atoms with Crippen molar-refractivity contribution in [2.45, 2.75) is 44.2 Å². The molecule has 17 heavy (non-hydrogen) atoms. The largest absolute Gasteiger partial charge is 0.325 e. The molecule has 1 aromatic rings. The Morgan fingerprint density at radius 3 is 2.71 bits per heavy atom. The third-order valence-corrected chi connectivity index (χ3v) is 4.86. The Morgan fingerprint density at radius 2 is 2.12 bits per heavy atom. The zero-order valence-electron chi connectivity index (χ0n) is 10.4. The standard InChI is InChI=1S/C13H21ClN2S/c1-16(10-11-4-5-12(14)17-11)9-8-13(15)6-2-3-7-13/h4-5H,2-3,6-10,15H2,1H3. The molecule has 96 valence electrons. The predicted octanol–water partition coefficient (Wildman–Crippen LogP) is 3.49. The molecule has 2 N–H and O–H groups in total. The van der Waals surface area contributed by atoms with Crippen LogP contribution in [0.15, 0.2) is 12.1 Å². The molecule has 1 fully saturated rings. The van der Waals surface area contributed by atoms with Crippen LogP contribution in [0.3, 0.4) is 0 Å². The van der Waals surface area contributed by atoms with E-state index in [0.717, 1.165) is 23.8 Å². The van der Waals surface area contributed by atoms with E-state index in [0.29, 0.717) is 0 Å². The van der Waals surface area contributed by atoms with Gasteiger partial charge in [-0.05, 0) is 45.0 Å². The van der Waals surface area contributed by atoms with Crippen LogP contribution in [-0.4, -0.2) is 24.0 Å². The Balaban J connectivity index is 1.75. The monoisotopic (exact) mass is 272 g/mol. The summed E-state index contributed by atoms with van der Waals surface area (Å²) in [6.07, 6.45) is 6.13. The van der Waals surface area contributed by atoms with Gasteiger partial charge in [-0.2, -0.15) is 0 Å². The summed E-state index contributed by atoms with van der Waals surface area (Å²) < 4.78 is 0.875. The molecule has 0 bridgehead atoms. The SMILES string of the molecule is CN(CCC1(N)CCCC1)Cc1ccc(Cl)s1. The molecule has 4 heteroatoms. The lowest BCUT2D eigenvalue weighted by Crippen LogP contribution is -2.39. The number of hydrogen-bond acceptors (Lipinski definition) is 3. The molecular weight excluding hydrogens is 252 g/mol. The molecule has 0 amide bonds. The minimum Gasteiger partial charge on any atom is -0.325 e. The summed E-state index contributed by atoms with van der Waals surface area (Å²) >= 11 is 7.59. The van der Waals surface area contributed by atoms with E-state index in [1.807, 2.05) is 6.07 Å². The summed E-state index contributed by atoms with van der Waals surface area (Å²) in [5.74, 6) is 0. The topological polar surface area (TPSA) is 29.3 Å². The fourth-order valence-corrected chi connectivity index (χ4v) is 3.69. The molecular formula is C13H21ClN2S. The van der Waals surface area contributed by atoms with Crippen molar-refractivity contribution < 1.29 is 0 Å². The molecule has 1 aliphatic rings. The van der Waals surface area contributed by atoms with Crippen LogP contribution in [0.4, 0.5) is 0 Å². The summed E-state index contributed by atoms with van der Waals surface area (Å²) in [6, 6.07) is 4.08. The molecule has 1 aromatic heterocycles. The van der Waals surface area contributed by atoms with E-state index in [-0.39, 0.29) is 5.54 Å². The van der Waals surface area contributed by atoms with Crippen LogP contribution in [0.1, 0.15) is 37.0 Å². The van der Waals surface area contributed by atoms with Gasteiger partial charge in [0, 0.05) is 17.0 Å². The minimum absolute atomic E-state index is 0.112. The summed E-state index contributed by atoms with van der Waals surface area (Å²) in [7, 11) is 2.16. The second-order valence-corrected chi connectivity index (χ2v) is 7.06. The van der Waals surface area contributed by atoms with E-state index in [1.54, 1.807) is 11.3 Å². The molecule has 0 spiro atoms. The van der Waals surface area contributed by atoms with Crippen LogP contribution in [0.5, 0.6) is 0 Å². The quantitative estimate of drug-likeness (QED) is 0.889. The number of hydrogen-bond donors (Lipinski definition) is 1. The van der Waals surface area contributed by atoms with E-state index in [2.05, 4.69) is 18.0 Å². The number of halogens is 1. The highest BCUT2D eigenvalue weighted by atomic mass is 35.5. The maximum atomic E-state index is 6.36. The highest BCUT2D eigenvalue weighted by molar-refractivity contribution is 7.16. The summed E-state index contributed by atoms with van der Waals surface area (Å²) in [6.45, 7) is 2.06. The van der Waals surface area contributed by atoms with Gasteiger partial charge in [-0.15, -0.1) is 11.3 Å². The number of nitrogens with zero attached hydrogens (tertiary/aromatic N) is 1. The van der Waals surface area contributed by atoms with E-state index < -0.39 is 0 Å². The first-order valence-corrected chi connectivity index (χ1v) is 7.48. The third kappa shape index (κ3) is 3.95. The second-order valence-electron chi connectivity index (χ2n) is 5.26. The van der Waals surface area contributed by atoms with E-state index in [1.165, 1.54) is 30.6 Å². The second kappa shape index (κ2) is 5.70. The van der Waals surface area contributed by atoms with Crippen molar-refractivity contribution in [2.24, 2.45) is 5.73 Å². The average Bonchev–Trinajstić information content (AvgIpc) is 2.86. The van der Waals surface area contributed by atoms with Gasteiger partial charge in [0.05, 0.1) is 4.34 Å². The molecule has 1 aliphatic carbocycles. The Morgan fingerprint density at radius 1 is 1.41 bits per heavy atom. The molecule has 1 heterocycles. The fourth-order valence-electron chi connectivity index (χ4n) is 2.52. The normalized spacial score (nSPS) is 19.1. The lowest BCUT2D eigenvalue weighted by Gasteiger charge is -2.26. The van der Waals surface area contributed by atoms with Crippen LogP contribution < -0.4 is 5.73 Å². The maximum absolute atomic E-state index is 6.36. The zero-order valence-corrected chi connectivity index (χ0v) is 12.0. The van der Waals surface area contributed by atoms with Crippen LogP contribution >= 0.6 is 22.9 Å². The maximum Gasteiger partial charge on any atom is 0.0931 e. The predicted molar refractivity (Wildman–Crippen MR) is 75.7 cm³/mol. The smallest absolute Gasteiger partial charge is 0.0931 e. The number of thiophene rings is 1. The number of nitrogens with two attached hydrogens (primary N) is 1. The Labute approximate surface area is 113 Å². The lowest BCUT2D eigenvalue weighted by molar-refractivity contribution is 0.275. The van der Waals surface area contributed by atoms with Crippen molar-refractivity contribution in [3.8, 4) is 0 Å². The highest BCUT2D eigenvalue weighted by Crippen LogP contribution is 2.30. The van der Waals surface area contributed by atoms with Gasteiger partial charge in [-0.1, -0.05) is 24.4 Å². The molecule has 0 aliphatic heterocycles. The van der Waals surface area contributed by atoms with Crippen molar-refractivity contribution in [2.75, 3.05) is 13.6 Å². The molecule has 0 aromatic carbocycles. The van der Waals surface area contributed by atoms with Crippen molar-refractivity contribution in [1.82, 2.24) is 4.90 Å². The first-order valence-electron chi connectivity index (χ1n) is 6.29. The molecule has 0 atom stereocenters. The van der Waals surface area contributed by atoms with Crippen LogP contribution in [0.2, 0.25) is 4.34 Å². The minimum atomic E-state index is 0.112. The lowest BCUT2D eigenvalue weighted by atomic mass is 9.94. The average molecular weight is 273 g/mol. The summed E-state index contributed by atoms with van der Waals surface area (Å²) in [5, 5.41) is 0. The molecule has 2 rings (SSSR count). The molecule has 2 nitrogen and oxygen atoms in total. The van der Waals surface area contributed by atoms with Gasteiger partial charge in [0.25, 0.3) is 0 Å². The van der Waals surface area contributed by atoms with Gasteiger partial charge in [-0.25, -0.2) is 0 Å². The van der Waals surface area contributed by atoms with Gasteiger partial charge in [0.1, 0.15) is 0 Å². The zero-order chi connectivity index (χ0) is 12.3. The van der Waals surface area contributed by atoms with E-state index in [4.69, 9.17) is 17.3 Å². The van der Waals surface area contributed by atoms with Gasteiger partial charge < -0.3 is 10.6 Å². The molecule has 0 unspecified atom stereocenters. The van der Waals surface area contributed by atoms with Crippen molar-refractivity contribution in [3.05, 3.63) is 21.3 Å². The summed E-state index contributed by atoms with van der Waals surface area (Å²) in [4.78, 5) is 3.67. The van der Waals surface area contributed by atoms with Gasteiger partial charge >= 0.3 is 0 Å². The third-order valence-electron chi connectivity index (χ3n) is 3.65. The highest BCUT2D eigenvalue weighted by Gasteiger charge is 2.28. The number of rotatable bonds is 5. The molecule has 1 saturated carbocycles. The molecule has 0 radical (unpaired) electrons. The van der Waals surface area contributed by atoms with E-state index in [9.17, 15) is 0 Å². The van der Waals surface area contributed by atoms with Crippen LogP contribution in [0, 0.1) is 0 Å². The molecule has 0 saturated heterocycles. The van der Waals surface area contributed by atoms with Crippen molar-refractivity contribution >= 4 is 22.9 Å². The first kappa shape index (κ1) is 13.3. The van der Waals surface area contributed by atoms with Gasteiger partial charge in [0.2, 0.25) is 0 Å². The Hall–Kier alpha value is -0.0900. The van der Waals surface area contributed by atoms with Gasteiger partial charge in [0.15, 0.2) is 0 Å². The van der Waals surface area contributed by atoms with Crippen molar-refractivity contribution in [3.63, 3.8) is 0 Å².